The van der Waals surface area contributed by atoms with E-state index >= 15 is 0 Å². The highest BCUT2D eigenvalue weighted by Crippen LogP contribution is 2.28. The van der Waals surface area contributed by atoms with Gasteiger partial charge < -0.3 is 5.32 Å². The zero-order valence-corrected chi connectivity index (χ0v) is 15.1. The highest BCUT2D eigenvalue weighted by molar-refractivity contribution is 7.13. The Bertz CT molecular complexity index is 842. The van der Waals surface area contributed by atoms with Crippen LogP contribution in [0, 0.1) is 0 Å². The molecule has 6 heteroatoms. The van der Waals surface area contributed by atoms with Crippen LogP contribution in [0.1, 0.15) is 30.8 Å². The van der Waals surface area contributed by atoms with Crippen LogP contribution in [0.5, 0.6) is 0 Å². The zero-order chi connectivity index (χ0) is 17.1. The van der Waals surface area contributed by atoms with Crippen LogP contribution in [0.3, 0.4) is 0 Å². The minimum atomic E-state index is -0.153. The summed E-state index contributed by atoms with van der Waals surface area (Å²) in [6.45, 7) is 4.02. The Hall–Kier alpha value is -2.11. The monoisotopic (exact) mass is 359 g/mol. The van der Waals surface area contributed by atoms with Gasteiger partial charge in [-0.05, 0) is 43.0 Å². The number of carbonyl (C=O) groups is 1. The van der Waals surface area contributed by atoms with Gasteiger partial charge in [0.1, 0.15) is 11.4 Å². The molecule has 0 aliphatic carbocycles. The summed E-state index contributed by atoms with van der Waals surface area (Å²) in [6.07, 6.45) is 0.865. The second-order valence-electron chi connectivity index (χ2n) is 5.54. The lowest BCUT2D eigenvalue weighted by Gasteiger charge is -2.13. The number of rotatable bonds is 5. The molecule has 1 aromatic carbocycles. The number of aromatic nitrogens is 2. The molecule has 24 heavy (non-hydrogen) atoms. The van der Waals surface area contributed by atoms with Crippen molar-refractivity contribution >= 4 is 28.8 Å². The average molecular weight is 360 g/mol. The quantitative estimate of drug-likeness (QED) is 0.712. The van der Waals surface area contributed by atoms with Gasteiger partial charge in [-0.25, -0.2) is 4.68 Å². The van der Waals surface area contributed by atoms with Crippen molar-refractivity contribution in [3.05, 3.63) is 58.6 Å². The Balaban J connectivity index is 2.09. The molecule has 1 N–H and O–H groups in total. The fourth-order valence-electron chi connectivity index (χ4n) is 2.29. The molecule has 3 aromatic rings. The van der Waals surface area contributed by atoms with E-state index in [0.717, 1.165) is 17.0 Å². The van der Waals surface area contributed by atoms with Crippen molar-refractivity contribution in [3.8, 4) is 16.3 Å². The number of hydrogen-bond acceptors (Lipinski definition) is 3. The maximum absolute atomic E-state index is 12.7. The SMILES string of the molecule is CC[C@@H](C)NC(=O)c1cc(-c2cccs2)nn1-c1ccccc1Cl. The number of thiophene rings is 1. The number of amides is 1. The van der Waals surface area contributed by atoms with E-state index in [-0.39, 0.29) is 11.9 Å². The molecule has 2 aromatic heterocycles. The minimum absolute atomic E-state index is 0.0947. The fourth-order valence-corrected chi connectivity index (χ4v) is 3.19. The second-order valence-corrected chi connectivity index (χ2v) is 6.89. The lowest BCUT2D eigenvalue weighted by atomic mass is 10.2. The molecule has 4 nitrogen and oxygen atoms in total. The number of carbonyl (C=O) groups excluding carboxylic acids is 1. The standard InChI is InChI=1S/C18H18ClN3OS/c1-3-12(2)20-18(23)16-11-14(17-9-6-10-24-17)21-22(16)15-8-5-4-7-13(15)19/h4-12H,3H2,1-2H3,(H,20,23)/t12-/m1/s1. The third-order valence-electron chi connectivity index (χ3n) is 3.79. The largest absolute Gasteiger partial charge is 0.348 e. The van der Waals surface area contributed by atoms with E-state index < -0.39 is 0 Å². The van der Waals surface area contributed by atoms with Gasteiger partial charge in [0.15, 0.2) is 0 Å². The molecule has 1 amide bonds. The molecular weight excluding hydrogens is 342 g/mol. The smallest absolute Gasteiger partial charge is 0.270 e. The van der Waals surface area contributed by atoms with Gasteiger partial charge in [-0.3, -0.25) is 4.79 Å². The first-order valence-corrected chi connectivity index (χ1v) is 9.05. The maximum Gasteiger partial charge on any atom is 0.270 e. The van der Waals surface area contributed by atoms with E-state index in [1.807, 2.05) is 55.6 Å². The Kier molecular flexibility index (Phi) is 5.02. The van der Waals surface area contributed by atoms with Gasteiger partial charge in [0, 0.05) is 6.04 Å². The van der Waals surface area contributed by atoms with E-state index in [1.165, 1.54) is 0 Å². The molecule has 2 heterocycles. The number of halogens is 1. The van der Waals surface area contributed by atoms with Crippen LogP contribution in [0.25, 0.3) is 16.3 Å². The highest BCUT2D eigenvalue weighted by atomic mass is 35.5. The van der Waals surface area contributed by atoms with E-state index in [9.17, 15) is 4.79 Å². The molecule has 3 rings (SSSR count). The van der Waals surface area contributed by atoms with Crippen LogP contribution in [0.15, 0.2) is 47.8 Å². The molecule has 0 saturated carbocycles. The minimum Gasteiger partial charge on any atom is -0.348 e. The lowest BCUT2D eigenvalue weighted by molar-refractivity contribution is 0.0931. The van der Waals surface area contributed by atoms with E-state index in [2.05, 4.69) is 10.4 Å². The van der Waals surface area contributed by atoms with Crippen molar-refractivity contribution < 1.29 is 4.79 Å². The predicted octanol–water partition coefficient (Wildman–Crippen LogP) is 4.78. The second kappa shape index (κ2) is 7.20. The summed E-state index contributed by atoms with van der Waals surface area (Å²) in [5.41, 5.74) is 1.93. The summed E-state index contributed by atoms with van der Waals surface area (Å²) < 4.78 is 1.62. The fraction of sp³-hybridized carbons (Fsp3) is 0.222. The van der Waals surface area contributed by atoms with Crippen molar-refractivity contribution in [3.63, 3.8) is 0 Å². The van der Waals surface area contributed by atoms with Gasteiger partial charge in [0.25, 0.3) is 5.91 Å². The molecule has 0 fully saturated rings. The highest BCUT2D eigenvalue weighted by Gasteiger charge is 2.20. The van der Waals surface area contributed by atoms with Crippen LogP contribution in [0.4, 0.5) is 0 Å². The predicted molar refractivity (Wildman–Crippen MR) is 99.1 cm³/mol. The summed E-state index contributed by atoms with van der Waals surface area (Å²) in [5, 5.41) is 10.2. The van der Waals surface area contributed by atoms with Crippen LogP contribution >= 0.6 is 22.9 Å². The van der Waals surface area contributed by atoms with Crippen molar-refractivity contribution in [2.75, 3.05) is 0 Å². The molecule has 124 valence electrons. The molecule has 0 aliphatic rings. The van der Waals surface area contributed by atoms with Gasteiger partial charge in [-0.15, -0.1) is 11.3 Å². The molecule has 1 atom stereocenters. The Labute approximate surface area is 150 Å². The lowest BCUT2D eigenvalue weighted by Crippen LogP contribution is -2.33. The van der Waals surface area contributed by atoms with Crippen molar-refractivity contribution in [1.29, 1.82) is 0 Å². The van der Waals surface area contributed by atoms with Crippen LogP contribution in [0.2, 0.25) is 5.02 Å². The number of hydrogen-bond donors (Lipinski definition) is 1. The summed E-state index contributed by atoms with van der Waals surface area (Å²) in [5.74, 6) is -0.153. The Morgan fingerprint density at radius 2 is 2.12 bits per heavy atom. The molecule has 0 saturated heterocycles. The molecule has 0 bridgehead atoms. The van der Waals surface area contributed by atoms with Gasteiger partial charge in [-0.2, -0.15) is 5.10 Å². The zero-order valence-electron chi connectivity index (χ0n) is 13.5. The molecule has 0 aliphatic heterocycles. The normalized spacial score (nSPS) is 12.1. The summed E-state index contributed by atoms with van der Waals surface area (Å²) in [4.78, 5) is 13.7. The third-order valence-corrected chi connectivity index (χ3v) is 5.00. The molecular formula is C18H18ClN3OS. The molecule has 0 unspecified atom stereocenters. The van der Waals surface area contributed by atoms with Crippen molar-refractivity contribution in [2.24, 2.45) is 0 Å². The van der Waals surface area contributed by atoms with Gasteiger partial charge in [0.2, 0.25) is 0 Å². The number of nitrogens with zero attached hydrogens (tertiary/aromatic N) is 2. The number of para-hydroxylation sites is 1. The van der Waals surface area contributed by atoms with E-state index in [4.69, 9.17) is 11.6 Å². The van der Waals surface area contributed by atoms with Crippen LogP contribution < -0.4 is 5.32 Å². The first-order valence-electron chi connectivity index (χ1n) is 7.80. The van der Waals surface area contributed by atoms with Gasteiger partial charge in [-0.1, -0.05) is 36.7 Å². The van der Waals surface area contributed by atoms with Crippen LogP contribution in [-0.4, -0.2) is 21.7 Å². The number of nitrogens with one attached hydrogen (secondary N) is 1. The van der Waals surface area contributed by atoms with E-state index in [1.54, 1.807) is 22.1 Å². The van der Waals surface area contributed by atoms with Gasteiger partial charge in [0.05, 0.1) is 15.6 Å². The third kappa shape index (κ3) is 3.37. The van der Waals surface area contributed by atoms with Crippen molar-refractivity contribution in [2.45, 2.75) is 26.3 Å². The first kappa shape index (κ1) is 16.7. The van der Waals surface area contributed by atoms with Crippen molar-refractivity contribution in [1.82, 2.24) is 15.1 Å². The maximum atomic E-state index is 12.7. The summed E-state index contributed by atoms with van der Waals surface area (Å²) >= 11 is 7.90. The topological polar surface area (TPSA) is 46.9 Å². The summed E-state index contributed by atoms with van der Waals surface area (Å²) in [7, 11) is 0. The molecule has 0 spiro atoms. The molecule has 0 radical (unpaired) electrons. The summed E-state index contributed by atoms with van der Waals surface area (Å²) in [6, 6.07) is 13.2. The number of benzene rings is 1. The Morgan fingerprint density at radius 3 is 2.79 bits per heavy atom. The van der Waals surface area contributed by atoms with Crippen LogP contribution in [-0.2, 0) is 0 Å². The first-order chi connectivity index (χ1) is 11.6. The Morgan fingerprint density at radius 1 is 1.33 bits per heavy atom. The van der Waals surface area contributed by atoms with Gasteiger partial charge >= 0.3 is 0 Å². The average Bonchev–Trinajstić information content (AvgIpc) is 3.24. The van der Waals surface area contributed by atoms with E-state index in [0.29, 0.717) is 16.4 Å².